The van der Waals surface area contributed by atoms with Crippen molar-refractivity contribution in [1.82, 2.24) is 19.8 Å². The zero-order valence-corrected chi connectivity index (χ0v) is 23.0. The van der Waals surface area contributed by atoms with Gasteiger partial charge in [-0.15, -0.1) is 11.3 Å². The van der Waals surface area contributed by atoms with Crippen LogP contribution in [0.5, 0.6) is 0 Å². The summed E-state index contributed by atoms with van der Waals surface area (Å²) in [6, 6.07) is 12.0. The number of aliphatic imine (C=N–C) groups is 1. The maximum atomic E-state index is 13.5. The van der Waals surface area contributed by atoms with Crippen molar-refractivity contribution in [3.05, 3.63) is 64.3 Å². The SMILES string of the molecule is Cc1cc2c(NC3=NCC4=C3CN(C(=O)O[C@H](CN(C)C)c3ccccc3)C4(C)C)ncnc2s1.S. The quantitative estimate of drug-likeness (QED) is 0.518. The Morgan fingerprint density at radius 2 is 2.00 bits per heavy atom. The molecule has 0 radical (unpaired) electrons. The van der Waals surface area contributed by atoms with Crippen molar-refractivity contribution in [3.63, 3.8) is 0 Å². The Morgan fingerprint density at radius 1 is 1.25 bits per heavy atom. The molecule has 0 saturated heterocycles. The number of carbonyl (C=O) groups is 1. The Hall–Kier alpha value is -2.95. The number of benzene rings is 1. The van der Waals surface area contributed by atoms with Crippen molar-refractivity contribution in [1.29, 1.82) is 0 Å². The van der Waals surface area contributed by atoms with E-state index in [1.54, 1.807) is 17.7 Å². The Bertz CT molecular complexity index is 1330. The minimum absolute atomic E-state index is 0. The highest BCUT2D eigenvalue weighted by atomic mass is 32.1. The number of nitrogens with one attached hydrogen (secondary N) is 1. The van der Waals surface area contributed by atoms with Gasteiger partial charge in [-0.05, 0) is 52.1 Å². The van der Waals surface area contributed by atoms with Crippen LogP contribution in [-0.4, -0.2) is 71.0 Å². The molecule has 0 saturated carbocycles. The zero-order chi connectivity index (χ0) is 24.7. The average Bonchev–Trinajstić information content (AvgIpc) is 3.47. The molecule has 2 aromatic heterocycles. The zero-order valence-electron chi connectivity index (χ0n) is 21.2. The molecule has 1 atom stereocenters. The predicted molar refractivity (Wildman–Crippen MR) is 150 cm³/mol. The van der Waals surface area contributed by atoms with Gasteiger partial charge in [0, 0.05) is 17.0 Å². The number of aromatic nitrogens is 2. The summed E-state index contributed by atoms with van der Waals surface area (Å²) in [4.78, 5) is 33.0. The van der Waals surface area contributed by atoms with Gasteiger partial charge >= 0.3 is 6.09 Å². The number of likely N-dealkylation sites (N-methyl/N-ethyl adjacent to an activating group) is 1. The van der Waals surface area contributed by atoms with Crippen molar-refractivity contribution < 1.29 is 9.53 Å². The lowest BCUT2D eigenvalue weighted by Crippen LogP contribution is -2.47. The first-order valence-corrected chi connectivity index (χ1v) is 12.5. The van der Waals surface area contributed by atoms with E-state index in [1.165, 1.54) is 4.88 Å². The summed E-state index contributed by atoms with van der Waals surface area (Å²) in [6.45, 7) is 7.77. The third-order valence-corrected chi connectivity index (χ3v) is 7.59. The molecule has 190 valence electrons. The van der Waals surface area contributed by atoms with Crippen molar-refractivity contribution in [3.8, 4) is 0 Å². The number of anilines is 1. The number of amidine groups is 1. The van der Waals surface area contributed by atoms with E-state index >= 15 is 0 Å². The summed E-state index contributed by atoms with van der Waals surface area (Å²) in [7, 11) is 3.96. The number of nitrogens with zero attached hydrogens (tertiary/aromatic N) is 5. The van der Waals surface area contributed by atoms with Crippen LogP contribution in [0, 0.1) is 6.92 Å². The van der Waals surface area contributed by atoms with Crippen LogP contribution in [-0.2, 0) is 4.74 Å². The average molecular weight is 525 g/mol. The van der Waals surface area contributed by atoms with Gasteiger partial charge in [0.25, 0.3) is 0 Å². The second-order valence-electron chi connectivity index (χ2n) is 9.74. The fourth-order valence-electron chi connectivity index (χ4n) is 4.73. The third-order valence-electron chi connectivity index (χ3n) is 6.63. The Balaban J connectivity index is 0.00000304. The van der Waals surface area contributed by atoms with E-state index in [-0.39, 0.29) is 25.7 Å². The van der Waals surface area contributed by atoms with E-state index in [1.807, 2.05) is 54.2 Å². The molecule has 10 heteroatoms. The molecule has 8 nitrogen and oxygen atoms in total. The van der Waals surface area contributed by atoms with Crippen LogP contribution in [0.15, 0.2) is 58.9 Å². The number of amides is 1. The first-order chi connectivity index (χ1) is 16.7. The van der Waals surface area contributed by atoms with Gasteiger partial charge in [-0.2, -0.15) is 13.5 Å². The molecule has 0 aliphatic carbocycles. The van der Waals surface area contributed by atoms with Gasteiger partial charge in [0.1, 0.15) is 28.9 Å². The van der Waals surface area contributed by atoms with E-state index in [0.717, 1.165) is 38.6 Å². The minimum Gasteiger partial charge on any atom is -0.440 e. The van der Waals surface area contributed by atoms with Gasteiger partial charge < -0.3 is 15.0 Å². The highest BCUT2D eigenvalue weighted by Crippen LogP contribution is 2.39. The number of ether oxygens (including phenoxy) is 1. The highest BCUT2D eigenvalue weighted by Gasteiger charge is 2.46. The number of hydrogen-bond acceptors (Lipinski definition) is 8. The fourth-order valence-corrected chi connectivity index (χ4v) is 5.58. The van der Waals surface area contributed by atoms with Gasteiger partial charge in [-0.25, -0.2) is 14.8 Å². The van der Waals surface area contributed by atoms with Crippen molar-refractivity contribution >= 4 is 52.8 Å². The second-order valence-corrected chi connectivity index (χ2v) is 11.0. The Kier molecular flexibility index (Phi) is 7.40. The molecular weight excluding hydrogens is 492 g/mol. The number of rotatable bonds is 5. The normalized spacial score (nSPS) is 17.2. The summed E-state index contributed by atoms with van der Waals surface area (Å²) in [6.07, 6.45) is 0.895. The number of thiophene rings is 1. The standard InChI is InChI=1S/C26H30N6O2S.H2S/c1-16-11-18-22(28-15-29-24(18)35-16)30-23-19-13-32(26(2,3)20(19)12-27-23)25(33)34-21(14-31(4)5)17-9-7-6-8-10-17;/h6-11,15,21H,12-14H2,1-5H3,(H,27,28,29,30);1H2/t21-;/m1./s1. The van der Waals surface area contributed by atoms with Crippen molar-refractivity contribution in [2.24, 2.45) is 4.99 Å². The topological polar surface area (TPSA) is 83.0 Å². The van der Waals surface area contributed by atoms with Crippen LogP contribution in [0.25, 0.3) is 10.2 Å². The molecule has 0 unspecified atom stereocenters. The van der Waals surface area contributed by atoms with Gasteiger partial charge in [-0.3, -0.25) is 9.89 Å². The van der Waals surface area contributed by atoms with E-state index in [2.05, 4.69) is 42.1 Å². The molecule has 0 fully saturated rings. The van der Waals surface area contributed by atoms with Crippen LogP contribution < -0.4 is 5.32 Å². The van der Waals surface area contributed by atoms with Crippen LogP contribution in [0.3, 0.4) is 0 Å². The molecule has 4 heterocycles. The molecule has 3 aromatic rings. The first-order valence-electron chi connectivity index (χ1n) is 11.7. The maximum Gasteiger partial charge on any atom is 0.411 e. The van der Waals surface area contributed by atoms with E-state index < -0.39 is 5.54 Å². The molecular formula is C26H32N6O2S2. The van der Waals surface area contributed by atoms with Crippen LogP contribution >= 0.6 is 24.8 Å². The summed E-state index contributed by atoms with van der Waals surface area (Å²) >= 11 is 1.64. The van der Waals surface area contributed by atoms with Gasteiger partial charge in [0.05, 0.1) is 24.0 Å². The van der Waals surface area contributed by atoms with Gasteiger partial charge in [-0.1, -0.05) is 30.3 Å². The number of fused-ring (bicyclic) bond motifs is 1. The lowest BCUT2D eigenvalue weighted by molar-refractivity contribution is 0.0383. The molecule has 2 aliphatic rings. The molecule has 5 rings (SSSR count). The van der Waals surface area contributed by atoms with Crippen LogP contribution in [0.2, 0.25) is 0 Å². The van der Waals surface area contributed by atoms with Crippen LogP contribution in [0.4, 0.5) is 10.6 Å². The Labute approximate surface area is 222 Å². The van der Waals surface area contributed by atoms with E-state index in [0.29, 0.717) is 19.6 Å². The third kappa shape index (κ3) is 4.85. The summed E-state index contributed by atoms with van der Waals surface area (Å²) in [5.41, 5.74) is 2.65. The number of hydrogen-bond donors (Lipinski definition) is 1. The molecule has 1 N–H and O–H groups in total. The second kappa shape index (κ2) is 10.2. The fraction of sp³-hybridized carbons (Fsp3) is 0.385. The number of carbonyl (C=O) groups excluding carboxylic acids is 1. The summed E-state index contributed by atoms with van der Waals surface area (Å²) in [5, 5.41) is 4.40. The summed E-state index contributed by atoms with van der Waals surface area (Å²) < 4.78 is 6.09. The largest absolute Gasteiger partial charge is 0.440 e. The molecule has 1 aromatic carbocycles. The van der Waals surface area contributed by atoms with Gasteiger partial charge in [0.15, 0.2) is 0 Å². The number of aryl methyl sites for hydroxylation is 1. The van der Waals surface area contributed by atoms with Gasteiger partial charge in [0.2, 0.25) is 0 Å². The lowest BCUT2D eigenvalue weighted by Gasteiger charge is -2.35. The molecule has 0 spiro atoms. The monoisotopic (exact) mass is 524 g/mol. The van der Waals surface area contributed by atoms with E-state index in [4.69, 9.17) is 9.73 Å². The maximum absolute atomic E-state index is 13.5. The Morgan fingerprint density at radius 3 is 2.72 bits per heavy atom. The molecule has 0 bridgehead atoms. The first kappa shape index (κ1) is 26.1. The predicted octanol–water partition coefficient (Wildman–Crippen LogP) is 4.77. The summed E-state index contributed by atoms with van der Waals surface area (Å²) in [5.74, 6) is 1.50. The lowest BCUT2D eigenvalue weighted by atomic mass is 9.94. The molecule has 2 aliphatic heterocycles. The molecule has 36 heavy (non-hydrogen) atoms. The van der Waals surface area contributed by atoms with E-state index in [9.17, 15) is 4.79 Å². The van der Waals surface area contributed by atoms with Crippen LogP contribution in [0.1, 0.15) is 30.4 Å². The van der Waals surface area contributed by atoms with Crippen molar-refractivity contribution in [2.75, 3.05) is 39.0 Å². The minimum atomic E-state index is -0.501. The highest BCUT2D eigenvalue weighted by molar-refractivity contribution is 7.59. The van der Waals surface area contributed by atoms with Crippen molar-refractivity contribution in [2.45, 2.75) is 32.4 Å². The molecule has 1 amide bonds. The smallest absolute Gasteiger partial charge is 0.411 e.